The Kier molecular flexibility index (Phi) is 4.30. The second-order valence-corrected chi connectivity index (χ2v) is 5.82. The predicted octanol–water partition coefficient (Wildman–Crippen LogP) is 2.02. The lowest BCUT2D eigenvalue weighted by molar-refractivity contribution is -0.146. The van der Waals surface area contributed by atoms with Gasteiger partial charge in [-0.25, -0.2) is 4.68 Å². The molecular weight excluding hydrogens is 282 g/mol. The number of rotatable bonds is 5. The molecule has 1 heterocycles. The molecule has 2 aromatic rings. The van der Waals surface area contributed by atoms with Crippen molar-refractivity contribution < 1.29 is 14.7 Å². The van der Waals surface area contributed by atoms with Gasteiger partial charge in [-0.15, -0.1) is 0 Å². The minimum Gasteiger partial charge on any atom is -0.481 e. The fourth-order valence-corrected chi connectivity index (χ4v) is 1.80. The Labute approximate surface area is 128 Å². The van der Waals surface area contributed by atoms with Crippen LogP contribution in [0.4, 0.5) is 0 Å². The molecular formula is C16H19N3O3. The Morgan fingerprint density at radius 1 is 1.23 bits per heavy atom. The van der Waals surface area contributed by atoms with E-state index >= 15 is 0 Å². The van der Waals surface area contributed by atoms with Crippen LogP contribution < -0.4 is 5.32 Å². The van der Waals surface area contributed by atoms with Crippen LogP contribution in [0.3, 0.4) is 0 Å². The van der Waals surface area contributed by atoms with Crippen LogP contribution >= 0.6 is 0 Å². The first kappa shape index (κ1) is 15.8. The van der Waals surface area contributed by atoms with Crippen molar-refractivity contribution in [3.8, 4) is 5.69 Å². The molecule has 0 aliphatic carbocycles. The molecule has 22 heavy (non-hydrogen) atoms. The van der Waals surface area contributed by atoms with E-state index in [9.17, 15) is 9.59 Å². The summed E-state index contributed by atoms with van der Waals surface area (Å²) in [5.74, 6) is -1.24. The molecule has 6 nitrogen and oxygen atoms in total. The molecule has 0 saturated heterocycles. The summed E-state index contributed by atoms with van der Waals surface area (Å²) >= 11 is 0. The van der Waals surface area contributed by atoms with E-state index in [2.05, 4.69) is 10.4 Å². The second-order valence-electron chi connectivity index (χ2n) is 5.82. The van der Waals surface area contributed by atoms with Crippen molar-refractivity contribution in [3.63, 3.8) is 0 Å². The van der Waals surface area contributed by atoms with Crippen LogP contribution in [-0.2, 0) is 4.79 Å². The Balaban J connectivity index is 2.04. The van der Waals surface area contributed by atoms with Crippen LogP contribution in [0.15, 0.2) is 36.5 Å². The molecule has 0 atom stereocenters. The molecule has 0 bridgehead atoms. The van der Waals surface area contributed by atoms with E-state index in [0.29, 0.717) is 5.56 Å². The molecule has 1 amide bonds. The Morgan fingerprint density at radius 2 is 1.86 bits per heavy atom. The summed E-state index contributed by atoms with van der Waals surface area (Å²) in [7, 11) is 0. The second kappa shape index (κ2) is 6.01. The molecule has 1 aromatic heterocycles. The van der Waals surface area contributed by atoms with Crippen molar-refractivity contribution in [1.82, 2.24) is 15.1 Å². The van der Waals surface area contributed by atoms with Gasteiger partial charge in [0.15, 0.2) is 0 Å². The summed E-state index contributed by atoms with van der Waals surface area (Å²) in [5.41, 5.74) is 1.25. The highest BCUT2D eigenvalue weighted by Crippen LogP contribution is 2.14. The normalized spacial score (nSPS) is 11.2. The number of amides is 1. The number of carbonyl (C=O) groups is 2. The monoisotopic (exact) mass is 301 g/mol. The lowest BCUT2D eigenvalue weighted by Gasteiger charge is -2.19. The van der Waals surface area contributed by atoms with Gasteiger partial charge in [0.05, 0.1) is 16.8 Å². The SMILES string of the molecule is Cc1ccn(-c2ccc(C(=O)NCC(C)(C)C(=O)O)cc2)n1. The molecule has 0 fully saturated rings. The Hall–Kier alpha value is -2.63. The molecule has 6 heteroatoms. The van der Waals surface area contributed by atoms with Crippen LogP contribution in [0.5, 0.6) is 0 Å². The molecule has 2 rings (SSSR count). The molecule has 2 N–H and O–H groups in total. The average Bonchev–Trinajstić information content (AvgIpc) is 2.91. The molecule has 0 unspecified atom stereocenters. The number of hydrogen-bond acceptors (Lipinski definition) is 3. The Bertz CT molecular complexity index is 687. The molecule has 0 aliphatic rings. The number of carbonyl (C=O) groups excluding carboxylic acids is 1. The van der Waals surface area contributed by atoms with Gasteiger partial charge >= 0.3 is 5.97 Å². The van der Waals surface area contributed by atoms with Gasteiger partial charge in [-0.2, -0.15) is 5.10 Å². The Morgan fingerprint density at radius 3 is 2.36 bits per heavy atom. The van der Waals surface area contributed by atoms with E-state index in [-0.39, 0.29) is 12.5 Å². The van der Waals surface area contributed by atoms with Gasteiger partial charge in [-0.05, 0) is 51.1 Å². The number of carboxylic acid groups (broad SMARTS) is 1. The lowest BCUT2D eigenvalue weighted by atomic mass is 9.94. The van der Waals surface area contributed by atoms with E-state index in [0.717, 1.165) is 11.4 Å². The molecule has 1 aromatic carbocycles. The van der Waals surface area contributed by atoms with Crippen LogP contribution in [0.2, 0.25) is 0 Å². The van der Waals surface area contributed by atoms with Crippen molar-refractivity contribution in [2.24, 2.45) is 5.41 Å². The number of aromatic nitrogens is 2. The number of aliphatic carboxylic acids is 1. The van der Waals surface area contributed by atoms with Crippen LogP contribution in [0.25, 0.3) is 5.69 Å². The van der Waals surface area contributed by atoms with Gasteiger partial charge in [0.2, 0.25) is 0 Å². The van der Waals surface area contributed by atoms with Gasteiger partial charge < -0.3 is 10.4 Å². The van der Waals surface area contributed by atoms with E-state index in [1.165, 1.54) is 0 Å². The maximum Gasteiger partial charge on any atom is 0.310 e. The molecule has 116 valence electrons. The quantitative estimate of drug-likeness (QED) is 0.885. The zero-order valence-corrected chi connectivity index (χ0v) is 12.8. The zero-order valence-electron chi connectivity index (χ0n) is 12.8. The largest absolute Gasteiger partial charge is 0.481 e. The highest BCUT2D eigenvalue weighted by Gasteiger charge is 2.27. The van der Waals surface area contributed by atoms with E-state index in [1.54, 1.807) is 42.8 Å². The van der Waals surface area contributed by atoms with Gasteiger partial charge in [-0.3, -0.25) is 9.59 Å². The molecule has 0 saturated carbocycles. The third-order valence-electron chi connectivity index (χ3n) is 3.39. The highest BCUT2D eigenvalue weighted by atomic mass is 16.4. The number of benzene rings is 1. The number of aryl methyl sites for hydroxylation is 1. The van der Waals surface area contributed by atoms with Crippen molar-refractivity contribution in [3.05, 3.63) is 47.8 Å². The lowest BCUT2D eigenvalue weighted by Crippen LogP contribution is -2.38. The van der Waals surface area contributed by atoms with Gasteiger partial charge in [0, 0.05) is 18.3 Å². The van der Waals surface area contributed by atoms with Gasteiger partial charge in [-0.1, -0.05) is 0 Å². The summed E-state index contributed by atoms with van der Waals surface area (Å²) in [6.07, 6.45) is 1.85. The number of nitrogens with zero attached hydrogens (tertiary/aromatic N) is 2. The van der Waals surface area contributed by atoms with E-state index in [4.69, 9.17) is 5.11 Å². The summed E-state index contributed by atoms with van der Waals surface area (Å²) in [4.78, 5) is 23.1. The third kappa shape index (κ3) is 3.52. The maximum atomic E-state index is 12.0. The number of nitrogens with one attached hydrogen (secondary N) is 1. The zero-order chi connectivity index (χ0) is 16.3. The van der Waals surface area contributed by atoms with E-state index < -0.39 is 11.4 Å². The standard InChI is InChI=1S/C16H19N3O3/c1-11-8-9-19(18-11)13-6-4-12(5-7-13)14(20)17-10-16(2,3)15(21)22/h4-9H,10H2,1-3H3,(H,17,20)(H,21,22). The van der Waals surface area contributed by atoms with Gasteiger partial charge in [0.25, 0.3) is 5.91 Å². The molecule has 0 aliphatic heterocycles. The summed E-state index contributed by atoms with van der Waals surface area (Å²) in [5, 5.41) is 16.0. The van der Waals surface area contributed by atoms with Crippen molar-refractivity contribution in [2.45, 2.75) is 20.8 Å². The van der Waals surface area contributed by atoms with Crippen molar-refractivity contribution in [2.75, 3.05) is 6.54 Å². The maximum absolute atomic E-state index is 12.0. The first-order valence-corrected chi connectivity index (χ1v) is 6.94. The average molecular weight is 301 g/mol. The minimum atomic E-state index is -0.998. The minimum absolute atomic E-state index is 0.0707. The first-order chi connectivity index (χ1) is 10.3. The van der Waals surface area contributed by atoms with Crippen molar-refractivity contribution >= 4 is 11.9 Å². The third-order valence-corrected chi connectivity index (χ3v) is 3.39. The van der Waals surface area contributed by atoms with Crippen LogP contribution in [0, 0.1) is 12.3 Å². The first-order valence-electron chi connectivity index (χ1n) is 6.94. The topological polar surface area (TPSA) is 84.2 Å². The fourth-order valence-electron chi connectivity index (χ4n) is 1.80. The van der Waals surface area contributed by atoms with Gasteiger partial charge in [0.1, 0.15) is 0 Å². The summed E-state index contributed by atoms with van der Waals surface area (Å²) < 4.78 is 1.73. The molecule has 0 radical (unpaired) electrons. The predicted molar refractivity (Wildman–Crippen MR) is 82.1 cm³/mol. The highest BCUT2D eigenvalue weighted by molar-refractivity contribution is 5.94. The van der Waals surface area contributed by atoms with Crippen molar-refractivity contribution in [1.29, 1.82) is 0 Å². The van der Waals surface area contributed by atoms with Crippen LogP contribution in [0.1, 0.15) is 29.9 Å². The number of hydrogen-bond donors (Lipinski definition) is 2. The number of carboxylic acids is 1. The van der Waals surface area contributed by atoms with E-state index in [1.807, 2.05) is 19.2 Å². The fraction of sp³-hybridized carbons (Fsp3) is 0.312. The summed E-state index contributed by atoms with van der Waals surface area (Å²) in [6.45, 7) is 5.11. The van der Waals surface area contributed by atoms with Crippen LogP contribution in [-0.4, -0.2) is 33.3 Å². The molecule has 0 spiro atoms. The summed E-state index contributed by atoms with van der Waals surface area (Å²) in [6, 6.07) is 8.87. The smallest absolute Gasteiger partial charge is 0.310 e.